The molecule has 1 amide bonds. The summed E-state index contributed by atoms with van der Waals surface area (Å²) in [5.74, 6) is 0.392. The average molecular weight is 333 g/mol. The number of carbonyl (C=O) groups excluding carboxylic acids is 1. The lowest BCUT2D eigenvalue weighted by molar-refractivity contribution is -0.129. The highest BCUT2D eigenvalue weighted by molar-refractivity contribution is 5.86. The first-order chi connectivity index (χ1) is 12.2. The molecule has 3 rings (SSSR count). The zero-order chi connectivity index (χ0) is 17.6. The van der Waals surface area contributed by atoms with Crippen molar-refractivity contribution in [1.82, 2.24) is 5.48 Å². The fraction of sp³-hybridized carbons (Fsp3) is 0.0952. The number of hydrogen-bond donors (Lipinski definition) is 2. The summed E-state index contributed by atoms with van der Waals surface area (Å²) in [6.07, 6.45) is 0. The summed E-state index contributed by atoms with van der Waals surface area (Å²) in [7, 11) is 0. The number of rotatable bonds is 5. The lowest BCUT2D eigenvalue weighted by Gasteiger charge is -2.16. The Hall–Kier alpha value is -3.11. The molecule has 0 spiro atoms. The molecule has 0 aliphatic heterocycles. The monoisotopic (exact) mass is 333 g/mol. The summed E-state index contributed by atoms with van der Waals surface area (Å²) < 4.78 is 5.84. The first-order valence-electron chi connectivity index (χ1n) is 8.01. The van der Waals surface area contributed by atoms with Crippen molar-refractivity contribution in [2.45, 2.75) is 12.8 Å². The second-order valence-electron chi connectivity index (χ2n) is 5.81. The van der Waals surface area contributed by atoms with Crippen LogP contribution in [0.5, 0.6) is 11.5 Å². The topological polar surface area (TPSA) is 58.6 Å². The summed E-state index contributed by atoms with van der Waals surface area (Å²) in [5.41, 5.74) is 4.45. The van der Waals surface area contributed by atoms with Crippen LogP contribution < -0.4 is 10.2 Å². The second kappa shape index (κ2) is 7.64. The number of benzene rings is 3. The third-order valence-electron chi connectivity index (χ3n) is 3.94. The Morgan fingerprint density at radius 2 is 1.56 bits per heavy atom. The van der Waals surface area contributed by atoms with E-state index in [4.69, 9.17) is 9.94 Å². The van der Waals surface area contributed by atoms with Gasteiger partial charge in [0, 0.05) is 0 Å². The molecule has 1 atom stereocenters. The SMILES string of the molecule is Cc1cccc(Oc2ccc(C(C(=O)NO)c3ccccc3)cc2)c1. The van der Waals surface area contributed by atoms with E-state index in [1.807, 2.05) is 85.8 Å². The Morgan fingerprint density at radius 3 is 2.20 bits per heavy atom. The van der Waals surface area contributed by atoms with E-state index in [-0.39, 0.29) is 0 Å². The maximum absolute atomic E-state index is 12.1. The van der Waals surface area contributed by atoms with Crippen molar-refractivity contribution in [3.05, 3.63) is 95.6 Å². The highest BCUT2D eigenvalue weighted by Crippen LogP contribution is 2.28. The van der Waals surface area contributed by atoms with Crippen molar-refractivity contribution >= 4 is 5.91 Å². The van der Waals surface area contributed by atoms with E-state index < -0.39 is 11.8 Å². The normalized spacial score (nSPS) is 11.6. The molecular formula is C21H19NO3. The molecule has 0 aromatic heterocycles. The molecule has 0 aliphatic carbocycles. The molecule has 4 heteroatoms. The van der Waals surface area contributed by atoms with Crippen LogP contribution >= 0.6 is 0 Å². The number of aryl methyl sites for hydroxylation is 1. The van der Waals surface area contributed by atoms with Crippen LogP contribution in [0.25, 0.3) is 0 Å². The smallest absolute Gasteiger partial charge is 0.255 e. The zero-order valence-electron chi connectivity index (χ0n) is 13.8. The molecule has 0 bridgehead atoms. The van der Waals surface area contributed by atoms with Gasteiger partial charge in [-0.2, -0.15) is 0 Å². The number of amides is 1. The minimum absolute atomic E-state index is 0.474. The fourth-order valence-corrected chi connectivity index (χ4v) is 2.75. The van der Waals surface area contributed by atoms with E-state index in [0.717, 1.165) is 22.4 Å². The highest BCUT2D eigenvalue weighted by Gasteiger charge is 2.22. The summed E-state index contributed by atoms with van der Waals surface area (Å²) in [6, 6.07) is 24.4. The van der Waals surface area contributed by atoms with Crippen molar-refractivity contribution in [3.63, 3.8) is 0 Å². The molecule has 1 unspecified atom stereocenters. The van der Waals surface area contributed by atoms with E-state index in [0.29, 0.717) is 5.75 Å². The van der Waals surface area contributed by atoms with Crippen molar-refractivity contribution in [2.75, 3.05) is 0 Å². The summed E-state index contributed by atoms with van der Waals surface area (Å²) in [6.45, 7) is 2.01. The van der Waals surface area contributed by atoms with Gasteiger partial charge in [-0.1, -0.05) is 54.6 Å². The van der Waals surface area contributed by atoms with Crippen LogP contribution in [-0.4, -0.2) is 11.1 Å². The largest absolute Gasteiger partial charge is 0.457 e. The molecule has 4 nitrogen and oxygen atoms in total. The van der Waals surface area contributed by atoms with Gasteiger partial charge in [-0.3, -0.25) is 10.0 Å². The predicted octanol–water partition coefficient (Wildman–Crippen LogP) is 4.42. The molecule has 25 heavy (non-hydrogen) atoms. The lowest BCUT2D eigenvalue weighted by Crippen LogP contribution is -2.27. The van der Waals surface area contributed by atoms with Gasteiger partial charge >= 0.3 is 0 Å². The zero-order valence-corrected chi connectivity index (χ0v) is 13.8. The molecule has 0 radical (unpaired) electrons. The van der Waals surface area contributed by atoms with Gasteiger partial charge in [0.1, 0.15) is 11.5 Å². The molecule has 0 heterocycles. The summed E-state index contributed by atoms with van der Waals surface area (Å²) in [4.78, 5) is 12.1. The van der Waals surface area contributed by atoms with E-state index in [1.165, 1.54) is 0 Å². The van der Waals surface area contributed by atoms with Crippen molar-refractivity contribution in [2.24, 2.45) is 0 Å². The van der Waals surface area contributed by atoms with Gasteiger partial charge in [-0.25, -0.2) is 5.48 Å². The Morgan fingerprint density at radius 1 is 0.880 bits per heavy atom. The maximum Gasteiger partial charge on any atom is 0.255 e. The van der Waals surface area contributed by atoms with E-state index >= 15 is 0 Å². The molecule has 0 aliphatic rings. The number of hydrogen-bond acceptors (Lipinski definition) is 3. The van der Waals surface area contributed by atoms with E-state index in [1.54, 1.807) is 5.48 Å². The van der Waals surface area contributed by atoms with Gasteiger partial charge in [0.25, 0.3) is 5.91 Å². The third kappa shape index (κ3) is 4.05. The number of ether oxygens (including phenoxy) is 1. The number of nitrogens with one attached hydrogen (secondary N) is 1. The first kappa shape index (κ1) is 16.7. The maximum atomic E-state index is 12.1. The van der Waals surface area contributed by atoms with Crippen molar-refractivity contribution < 1.29 is 14.7 Å². The van der Waals surface area contributed by atoms with Crippen LogP contribution in [0, 0.1) is 6.92 Å². The Balaban J connectivity index is 1.85. The van der Waals surface area contributed by atoms with Gasteiger partial charge < -0.3 is 4.74 Å². The second-order valence-corrected chi connectivity index (χ2v) is 5.81. The standard InChI is InChI=1S/C21H19NO3/c1-15-6-5-9-19(14-15)25-18-12-10-17(11-13-18)20(21(23)22-24)16-7-3-2-4-8-16/h2-14,20,24H,1H3,(H,22,23). The Bertz CT molecular complexity index is 845. The Labute approximate surface area is 146 Å². The average Bonchev–Trinajstić information content (AvgIpc) is 2.64. The van der Waals surface area contributed by atoms with E-state index in [9.17, 15) is 4.79 Å². The van der Waals surface area contributed by atoms with Crippen LogP contribution in [0.15, 0.2) is 78.9 Å². The Kier molecular flexibility index (Phi) is 5.11. The molecule has 3 aromatic carbocycles. The molecule has 2 N–H and O–H groups in total. The molecule has 0 saturated carbocycles. The van der Waals surface area contributed by atoms with Gasteiger partial charge in [0.15, 0.2) is 0 Å². The van der Waals surface area contributed by atoms with Gasteiger partial charge in [0.05, 0.1) is 5.92 Å². The highest BCUT2D eigenvalue weighted by atomic mass is 16.5. The van der Waals surface area contributed by atoms with E-state index in [2.05, 4.69) is 0 Å². The summed E-state index contributed by atoms with van der Waals surface area (Å²) in [5, 5.41) is 9.08. The molecule has 3 aromatic rings. The third-order valence-corrected chi connectivity index (χ3v) is 3.94. The molecule has 0 saturated heterocycles. The minimum Gasteiger partial charge on any atom is -0.457 e. The minimum atomic E-state index is -0.584. The van der Waals surface area contributed by atoms with Crippen LogP contribution in [0.4, 0.5) is 0 Å². The van der Waals surface area contributed by atoms with Gasteiger partial charge in [-0.05, 0) is 47.9 Å². The van der Waals surface area contributed by atoms with Crippen LogP contribution in [-0.2, 0) is 4.79 Å². The number of hydroxylamine groups is 1. The van der Waals surface area contributed by atoms with Crippen LogP contribution in [0.1, 0.15) is 22.6 Å². The molecule has 0 fully saturated rings. The lowest BCUT2D eigenvalue weighted by atomic mass is 9.91. The predicted molar refractivity (Wildman–Crippen MR) is 95.9 cm³/mol. The van der Waals surface area contributed by atoms with Crippen LogP contribution in [0.3, 0.4) is 0 Å². The quantitative estimate of drug-likeness (QED) is 0.536. The van der Waals surface area contributed by atoms with Crippen molar-refractivity contribution in [3.8, 4) is 11.5 Å². The van der Waals surface area contributed by atoms with Crippen LogP contribution in [0.2, 0.25) is 0 Å². The van der Waals surface area contributed by atoms with Gasteiger partial charge in [-0.15, -0.1) is 0 Å². The fourth-order valence-electron chi connectivity index (χ4n) is 2.75. The summed E-state index contributed by atoms with van der Waals surface area (Å²) >= 11 is 0. The molecular weight excluding hydrogens is 314 g/mol. The first-order valence-corrected chi connectivity index (χ1v) is 8.01. The number of carbonyl (C=O) groups is 1. The van der Waals surface area contributed by atoms with Gasteiger partial charge in [0.2, 0.25) is 0 Å². The van der Waals surface area contributed by atoms with Crippen molar-refractivity contribution in [1.29, 1.82) is 0 Å². The molecule has 126 valence electrons.